The third-order valence-corrected chi connectivity index (χ3v) is 5.60. The molecule has 1 atom stereocenters. The van der Waals surface area contributed by atoms with Crippen molar-refractivity contribution in [3.8, 4) is 11.3 Å². The molecule has 4 heterocycles. The Hall–Kier alpha value is -3.01. The summed E-state index contributed by atoms with van der Waals surface area (Å²) < 4.78 is 57.9. The van der Waals surface area contributed by atoms with Gasteiger partial charge in [0.1, 0.15) is 17.1 Å². The summed E-state index contributed by atoms with van der Waals surface area (Å²) >= 11 is 0. The number of benzene rings is 1. The Labute approximate surface area is 162 Å². The van der Waals surface area contributed by atoms with Gasteiger partial charge in [-0.05, 0) is 30.3 Å². The Balaban J connectivity index is 1.81. The van der Waals surface area contributed by atoms with Crippen LogP contribution >= 0.6 is 0 Å². The van der Waals surface area contributed by atoms with Gasteiger partial charge < -0.3 is 5.32 Å². The topological polar surface area (TPSA) is 53.5 Å². The summed E-state index contributed by atoms with van der Waals surface area (Å²) in [7, 11) is 0. The van der Waals surface area contributed by atoms with E-state index in [0.717, 1.165) is 22.7 Å². The SMILES string of the molecule is CC12CNCCN1C(=O)c1cn3nc(-c4ccc(F)cc4)cc(C(F)(F)F)c3[n+]12. The van der Waals surface area contributed by atoms with Crippen molar-refractivity contribution in [1.29, 1.82) is 0 Å². The first-order valence-corrected chi connectivity index (χ1v) is 9.05. The van der Waals surface area contributed by atoms with Crippen LogP contribution in [-0.2, 0) is 11.8 Å². The van der Waals surface area contributed by atoms with Gasteiger partial charge in [-0.3, -0.25) is 9.69 Å². The van der Waals surface area contributed by atoms with Gasteiger partial charge >= 0.3 is 17.7 Å². The molecular weight excluding hydrogens is 390 g/mol. The number of hydrogen-bond donors (Lipinski definition) is 1. The van der Waals surface area contributed by atoms with Gasteiger partial charge in [0.2, 0.25) is 5.69 Å². The average molecular weight is 406 g/mol. The Morgan fingerprint density at radius 3 is 2.66 bits per heavy atom. The van der Waals surface area contributed by atoms with Gasteiger partial charge in [-0.25, -0.2) is 4.39 Å². The number of fused-ring (bicyclic) bond motifs is 5. The first-order chi connectivity index (χ1) is 13.7. The molecule has 2 aliphatic heterocycles. The van der Waals surface area contributed by atoms with Crippen LogP contribution in [0.4, 0.5) is 17.6 Å². The van der Waals surface area contributed by atoms with E-state index < -0.39 is 23.2 Å². The summed E-state index contributed by atoms with van der Waals surface area (Å²) in [6.45, 7) is 3.05. The average Bonchev–Trinajstić information content (AvgIpc) is 3.15. The molecule has 2 aromatic heterocycles. The molecule has 1 aromatic carbocycles. The van der Waals surface area contributed by atoms with Gasteiger partial charge in [-0.2, -0.15) is 17.7 Å². The molecule has 2 aliphatic rings. The van der Waals surface area contributed by atoms with E-state index in [1.807, 2.05) is 0 Å². The zero-order valence-electron chi connectivity index (χ0n) is 15.3. The summed E-state index contributed by atoms with van der Waals surface area (Å²) in [5.74, 6) is -0.819. The second-order valence-electron chi connectivity index (χ2n) is 7.42. The molecule has 6 nitrogen and oxygen atoms in total. The van der Waals surface area contributed by atoms with E-state index >= 15 is 0 Å². The number of hydrogen-bond acceptors (Lipinski definition) is 3. The van der Waals surface area contributed by atoms with Gasteiger partial charge in [0.25, 0.3) is 0 Å². The zero-order valence-corrected chi connectivity index (χ0v) is 15.3. The second-order valence-corrected chi connectivity index (χ2v) is 7.42. The predicted molar refractivity (Wildman–Crippen MR) is 93.3 cm³/mol. The van der Waals surface area contributed by atoms with Gasteiger partial charge in [-0.1, -0.05) is 9.61 Å². The van der Waals surface area contributed by atoms with Crippen molar-refractivity contribution < 1.29 is 26.9 Å². The van der Waals surface area contributed by atoms with Gasteiger partial charge in [0.15, 0.2) is 11.9 Å². The standard InChI is InChI=1S/C19H16F4N5O/c1-18-10-24-6-7-26(18)17(29)15-9-27-16(28(15)18)13(19(21,22)23)8-14(25-27)11-2-4-12(20)5-3-11/h2-5,8-9,24H,6-7,10H2,1H3/q+1. The minimum absolute atomic E-state index is 0.0373. The smallest absolute Gasteiger partial charge is 0.309 e. The lowest BCUT2D eigenvalue weighted by molar-refractivity contribution is -0.747. The second kappa shape index (κ2) is 5.76. The Kier molecular flexibility index (Phi) is 3.58. The highest BCUT2D eigenvalue weighted by molar-refractivity contribution is 5.93. The zero-order chi connectivity index (χ0) is 20.6. The molecule has 1 N–H and O–H groups in total. The summed E-state index contributed by atoms with van der Waals surface area (Å²) in [6, 6.07) is 6.01. The number of rotatable bonds is 1. The van der Waals surface area contributed by atoms with Crippen molar-refractivity contribution in [2.45, 2.75) is 18.8 Å². The van der Waals surface area contributed by atoms with Crippen LogP contribution in [0.3, 0.4) is 0 Å². The van der Waals surface area contributed by atoms with Crippen molar-refractivity contribution in [2.75, 3.05) is 19.6 Å². The fourth-order valence-corrected chi connectivity index (χ4v) is 4.24. The van der Waals surface area contributed by atoms with Crippen LogP contribution < -0.4 is 9.88 Å². The molecule has 0 bridgehead atoms. The van der Waals surface area contributed by atoms with Crippen LogP contribution in [0.2, 0.25) is 0 Å². The highest BCUT2D eigenvalue weighted by atomic mass is 19.4. The normalized spacial score (nSPS) is 21.6. The van der Waals surface area contributed by atoms with Gasteiger partial charge in [0, 0.05) is 25.6 Å². The Morgan fingerprint density at radius 1 is 1.24 bits per heavy atom. The predicted octanol–water partition coefficient (Wildman–Crippen LogP) is 2.18. The van der Waals surface area contributed by atoms with Crippen molar-refractivity contribution in [3.63, 3.8) is 0 Å². The van der Waals surface area contributed by atoms with E-state index in [1.54, 1.807) is 11.8 Å². The summed E-state index contributed by atoms with van der Waals surface area (Å²) in [5, 5.41) is 7.45. The van der Waals surface area contributed by atoms with Crippen LogP contribution in [0, 0.1) is 5.82 Å². The monoisotopic (exact) mass is 406 g/mol. The van der Waals surface area contributed by atoms with Gasteiger partial charge in [0.05, 0.1) is 6.54 Å². The largest absolute Gasteiger partial charge is 0.424 e. The van der Waals surface area contributed by atoms with E-state index in [2.05, 4.69) is 10.4 Å². The number of nitrogens with one attached hydrogen (secondary N) is 1. The van der Waals surface area contributed by atoms with Crippen LogP contribution in [0.25, 0.3) is 16.9 Å². The van der Waals surface area contributed by atoms with Crippen molar-refractivity contribution in [3.05, 3.63) is 53.6 Å². The third-order valence-electron chi connectivity index (χ3n) is 5.60. The van der Waals surface area contributed by atoms with E-state index in [-0.39, 0.29) is 22.9 Å². The maximum absolute atomic E-state index is 14.0. The van der Waals surface area contributed by atoms with Gasteiger partial charge in [-0.15, -0.1) is 0 Å². The lowest BCUT2D eigenvalue weighted by atomic mass is 10.1. The molecule has 1 unspecified atom stereocenters. The Bertz CT molecular complexity index is 1150. The number of piperazine rings is 1. The minimum Gasteiger partial charge on any atom is -0.309 e. The highest BCUT2D eigenvalue weighted by Gasteiger charge is 2.56. The molecule has 29 heavy (non-hydrogen) atoms. The molecule has 3 aromatic rings. The maximum Gasteiger partial charge on any atom is 0.424 e. The first kappa shape index (κ1) is 18.0. The molecule has 5 rings (SSSR count). The number of nitrogens with zero attached hydrogens (tertiary/aromatic N) is 4. The number of alkyl halides is 3. The number of halogens is 4. The first-order valence-electron chi connectivity index (χ1n) is 9.05. The maximum atomic E-state index is 14.0. The molecule has 150 valence electrons. The highest BCUT2D eigenvalue weighted by Crippen LogP contribution is 2.37. The number of carbonyl (C=O) groups excluding carboxylic acids is 1. The summed E-state index contributed by atoms with van der Waals surface area (Å²) in [6.07, 6.45) is -3.34. The summed E-state index contributed by atoms with van der Waals surface area (Å²) in [5.41, 5.74) is -1.52. The molecule has 0 spiro atoms. The van der Waals surface area contributed by atoms with Crippen LogP contribution in [-0.4, -0.2) is 40.1 Å². The molecule has 1 fully saturated rings. The number of aromatic nitrogens is 3. The number of carbonyl (C=O) groups is 1. The molecule has 0 radical (unpaired) electrons. The van der Waals surface area contributed by atoms with Crippen LogP contribution in [0.1, 0.15) is 23.0 Å². The lowest BCUT2D eigenvalue weighted by Crippen LogP contribution is -2.68. The quantitative estimate of drug-likeness (QED) is 0.498. The summed E-state index contributed by atoms with van der Waals surface area (Å²) in [4.78, 5) is 14.5. The van der Waals surface area contributed by atoms with E-state index in [1.165, 1.54) is 22.9 Å². The molecule has 0 aliphatic carbocycles. The molecule has 1 saturated heterocycles. The van der Waals surface area contributed by atoms with Crippen molar-refractivity contribution in [2.24, 2.45) is 0 Å². The third kappa shape index (κ3) is 2.48. The fraction of sp³-hybridized carbons (Fsp3) is 0.316. The van der Waals surface area contributed by atoms with E-state index in [0.29, 0.717) is 25.2 Å². The molecule has 1 amide bonds. The number of amides is 1. The van der Waals surface area contributed by atoms with E-state index in [9.17, 15) is 22.4 Å². The van der Waals surface area contributed by atoms with Crippen molar-refractivity contribution in [1.82, 2.24) is 19.8 Å². The molecule has 0 saturated carbocycles. The van der Waals surface area contributed by atoms with Crippen LogP contribution in [0.15, 0.2) is 36.5 Å². The van der Waals surface area contributed by atoms with Crippen LogP contribution in [0.5, 0.6) is 0 Å². The molecular formula is C19H16F4N5O+. The fourth-order valence-electron chi connectivity index (χ4n) is 4.24. The minimum atomic E-state index is -4.67. The lowest BCUT2D eigenvalue weighted by Gasteiger charge is -2.37. The number of imidazole rings is 1. The van der Waals surface area contributed by atoms with E-state index in [4.69, 9.17) is 0 Å². The van der Waals surface area contributed by atoms with Crippen molar-refractivity contribution >= 4 is 11.6 Å². The molecule has 10 heteroatoms. The Morgan fingerprint density at radius 2 is 1.97 bits per heavy atom.